The van der Waals surface area contributed by atoms with E-state index in [-0.39, 0.29) is 0 Å². The van der Waals surface area contributed by atoms with E-state index in [1.807, 2.05) is 24.4 Å². The number of aromatic nitrogens is 2. The molecule has 0 fully saturated rings. The lowest BCUT2D eigenvalue weighted by molar-refractivity contribution is 1.23. The maximum absolute atomic E-state index is 3.97. The lowest BCUT2D eigenvalue weighted by Gasteiger charge is -1.98. The third-order valence-electron chi connectivity index (χ3n) is 1.75. The zero-order valence-electron chi connectivity index (χ0n) is 7.60. The van der Waals surface area contributed by atoms with Gasteiger partial charge in [-0.1, -0.05) is 6.08 Å². The largest absolute Gasteiger partial charge is 0.348 e. The Balaban J connectivity index is 1.93. The number of nitrogens with zero attached hydrogens (tertiary/aromatic N) is 1. The molecule has 3 heteroatoms. The lowest BCUT2D eigenvalue weighted by Crippen LogP contribution is -1.79. The van der Waals surface area contributed by atoms with Crippen molar-refractivity contribution in [2.75, 3.05) is 0 Å². The molecule has 0 spiro atoms. The second kappa shape index (κ2) is 4.70. The first-order chi connectivity index (χ1) is 6.95. The molecule has 0 saturated heterocycles. The van der Waals surface area contributed by atoms with Gasteiger partial charge < -0.3 is 4.98 Å². The van der Waals surface area contributed by atoms with E-state index in [1.54, 1.807) is 18.1 Å². The van der Waals surface area contributed by atoms with Gasteiger partial charge in [-0.25, -0.2) is 4.98 Å². The first kappa shape index (κ1) is 9.13. The molecule has 1 aliphatic carbocycles. The van der Waals surface area contributed by atoms with Crippen molar-refractivity contribution in [1.29, 1.82) is 0 Å². The van der Waals surface area contributed by atoms with E-state index in [1.165, 1.54) is 4.91 Å². The minimum Gasteiger partial charge on any atom is -0.348 e. The minimum absolute atomic E-state index is 0.921. The van der Waals surface area contributed by atoms with Gasteiger partial charge in [-0.15, -0.1) is 17.5 Å². The molecule has 1 aromatic rings. The van der Waals surface area contributed by atoms with Crippen molar-refractivity contribution in [1.82, 2.24) is 9.97 Å². The first-order valence-corrected chi connectivity index (χ1v) is 5.33. The van der Waals surface area contributed by atoms with Crippen molar-refractivity contribution in [3.05, 3.63) is 59.2 Å². The topological polar surface area (TPSA) is 28.7 Å². The second-order valence-electron chi connectivity index (χ2n) is 2.79. The zero-order chi connectivity index (χ0) is 9.64. The molecule has 1 aromatic heterocycles. The highest BCUT2D eigenvalue weighted by atomic mass is 32.2. The van der Waals surface area contributed by atoms with Gasteiger partial charge in [-0.3, -0.25) is 0 Å². The van der Waals surface area contributed by atoms with Crippen LogP contribution in [-0.4, -0.2) is 9.97 Å². The summed E-state index contributed by atoms with van der Waals surface area (Å²) >= 11 is 1.78. The van der Waals surface area contributed by atoms with E-state index >= 15 is 0 Å². The summed E-state index contributed by atoms with van der Waals surface area (Å²) in [6.07, 6.45) is 13.5. The molecule has 14 heavy (non-hydrogen) atoms. The van der Waals surface area contributed by atoms with Crippen LogP contribution in [0.3, 0.4) is 0 Å². The number of thioether (sulfide) groups is 1. The summed E-state index contributed by atoms with van der Waals surface area (Å²) in [7, 11) is 0. The van der Waals surface area contributed by atoms with E-state index in [0.717, 1.165) is 11.4 Å². The Bertz CT molecular complexity index is 407. The van der Waals surface area contributed by atoms with Crippen LogP contribution in [0.5, 0.6) is 0 Å². The van der Waals surface area contributed by atoms with Crippen molar-refractivity contribution in [3.8, 4) is 0 Å². The van der Waals surface area contributed by atoms with Crippen molar-refractivity contribution < 1.29 is 0 Å². The van der Waals surface area contributed by atoms with E-state index in [4.69, 9.17) is 0 Å². The van der Waals surface area contributed by atoms with Gasteiger partial charge in [0.05, 0.1) is 6.33 Å². The highest BCUT2D eigenvalue weighted by Gasteiger charge is 1.97. The normalized spacial score (nSPS) is 14.1. The second-order valence-corrected chi connectivity index (χ2v) is 3.84. The fraction of sp³-hybridized carbons (Fsp3) is 0.0909. The van der Waals surface area contributed by atoms with E-state index in [9.17, 15) is 0 Å². The summed E-state index contributed by atoms with van der Waals surface area (Å²) in [5, 5.41) is 0. The van der Waals surface area contributed by atoms with Crippen molar-refractivity contribution in [2.45, 2.75) is 5.75 Å². The highest BCUT2D eigenvalue weighted by molar-refractivity contribution is 8.02. The Hall–Kier alpha value is -1.44. The number of hydrogen-bond acceptors (Lipinski definition) is 2. The predicted molar refractivity (Wildman–Crippen MR) is 59.8 cm³/mol. The molecular formula is C11H10N2S. The summed E-state index contributed by atoms with van der Waals surface area (Å²) in [5.74, 6) is 0.921. The van der Waals surface area contributed by atoms with Gasteiger partial charge in [0.1, 0.15) is 0 Å². The SMILES string of the molecule is C1=CC=CC(SCc2cnc[nH]2)=CC=1. The van der Waals surface area contributed by atoms with Gasteiger partial charge in [0.2, 0.25) is 0 Å². The maximum Gasteiger partial charge on any atom is 0.0921 e. The lowest BCUT2D eigenvalue weighted by atomic mass is 10.4. The van der Waals surface area contributed by atoms with Crippen LogP contribution in [0.1, 0.15) is 5.69 Å². The van der Waals surface area contributed by atoms with Crippen LogP contribution in [-0.2, 0) is 5.75 Å². The Morgan fingerprint density at radius 3 is 3.29 bits per heavy atom. The molecular weight excluding hydrogens is 192 g/mol. The number of allylic oxidation sites excluding steroid dienone is 4. The third-order valence-corrected chi connectivity index (χ3v) is 2.81. The smallest absolute Gasteiger partial charge is 0.0921 e. The van der Waals surface area contributed by atoms with Gasteiger partial charge >= 0.3 is 0 Å². The molecule has 2 rings (SSSR count). The van der Waals surface area contributed by atoms with Crippen molar-refractivity contribution >= 4 is 11.8 Å². The molecule has 0 bridgehead atoms. The number of rotatable bonds is 3. The third kappa shape index (κ3) is 2.52. The average Bonchev–Trinajstić information content (AvgIpc) is 2.58. The van der Waals surface area contributed by atoms with Gasteiger partial charge in [0, 0.05) is 22.5 Å². The molecule has 70 valence electrons. The average molecular weight is 202 g/mol. The molecule has 0 radical (unpaired) electrons. The van der Waals surface area contributed by atoms with Crippen LogP contribution in [0.2, 0.25) is 0 Å². The summed E-state index contributed by atoms with van der Waals surface area (Å²) in [5.41, 5.74) is 4.17. The summed E-state index contributed by atoms with van der Waals surface area (Å²) in [6.45, 7) is 0. The maximum atomic E-state index is 3.97. The molecule has 1 aliphatic rings. The Labute approximate surface area is 87.1 Å². The van der Waals surface area contributed by atoms with Crippen LogP contribution in [0.25, 0.3) is 0 Å². The first-order valence-electron chi connectivity index (χ1n) is 4.34. The van der Waals surface area contributed by atoms with Crippen LogP contribution in [0.15, 0.2) is 53.5 Å². The van der Waals surface area contributed by atoms with Crippen molar-refractivity contribution in [3.63, 3.8) is 0 Å². The molecule has 0 aromatic carbocycles. The van der Waals surface area contributed by atoms with Crippen LogP contribution in [0, 0.1) is 0 Å². The number of imidazole rings is 1. The summed E-state index contributed by atoms with van der Waals surface area (Å²) < 4.78 is 0. The number of H-pyrrole nitrogens is 1. The minimum atomic E-state index is 0.921. The Morgan fingerprint density at radius 1 is 1.43 bits per heavy atom. The molecule has 0 amide bonds. The monoisotopic (exact) mass is 202 g/mol. The molecule has 0 unspecified atom stereocenters. The van der Waals surface area contributed by atoms with Crippen LogP contribution in [0.4, 0.5) is 0 Å². The van der Waals surface area contributed by atoms with Gasteiger partial charge in [0.25, 0.3) is 0 Å². The Kier molecular flexibility index (Phi) is 3.06. The fourth-order valence-corrected chi connectivity index (χ4v) is 1.88. The van der Waals surface area contributed by atoms with Crippen LogP contribution < -0.4 is 0 Å². The van der Waals surface area contributed by atoms with E-state index in [2.05, 4.69) is 27.9 Å². The van der Waals surface area contributed by atoms with Crippen molar-refractivity contribution in [2.24, 2.45) is 0 Å². The van der Waals surface area contributed by atoms with E-state index < -0.39 is 0 Å². The molecule has 0 aliphatic heterocycles. The summed E-state index contributed by atoms with van der Waals surface area (Å²) in [6, 6.07) is 0. The van der Waals surface area contributed by atoms with E-state index in [0.29, 0.717) is 0 Å². The highest BCUT2D eigenvalue weighted by Crippen LogP contribution is 2.21. The number of hydrogen-bond donors (Lipinski definition) is 1. The van der Waals surface area contributed by atoms with Gasteiger partial charge in [0.15, 0.2) is 0 Å². The standard InChI is InChI=1S/C11H10N2S/c1-2-4-6-11(5-3-1)14-8-10-7-12-9-13-10/h1,3-7,9H,8H2,(H,12,13). The molecule has 1 N–H and O–H groups in total. The summed E-state index contributed by atoms with van der Waals surface area (Å²) in [4.78, 5) is 8.28. The zero-order valence-corrected chi connectivity index (χ0v) is 8.42. The fourth-order valence-electron chi connectivity index (χ4n) is 1.06. The number of nitrogens with one attached hydrogen (secondary N) is 1. The van der Waals surface area contributed by atoms with Gasteiger partial charge in [-0.2, -0.15) is 0 Å². The number of aromatic amines is 1. The van der Waals surface area contributed by atoms with Crippen LogP contribution >= 0.6 is 11.8 Å². The molecule has 0 atom stereocenters. The predicted octanol–water partition coefficient (Wildman–Crippen LogP) is 2.81. The Morgan fingerprint density at radius 2 is 2.43 bits per heavy atom. The van der Waals surface area contributed by atoms with Gasteiger partial charge in [-0.05, 0) is 24.3 Å². The molecule has 1 heterocycles. The quantitative estimate of drug-likeness (QED) is 0.763. The molecule has 2 nitrogen and oxygen atoms in total. The molecule has 0 saturated carbocycles.